The van der Waals surface area contributed by atoms with E-state index in [9.17, 15) is 9.18 Å². The lowest BCUT2D eigenvalue weighted by molar-refractivity contribution is 0.1000. The number of hydrogen-bond donors (Lipinski definition) is 2. The molecule has 1 aromatic heterocycles. The topological polar surface area (TPSA) is 68.0 Å². The maximum Gasteiger partial charge on any atom is 0.248 e. The second-order valence-electron chi connectivity index (χ2n) is 4.66. The molecule has 0 aliphatic rings. The van der Waals surface area contributed by atoms with Gasteiger partial charge in [-0.25, -0.2) is 4.39 Å². The Bertz CT molecular complexity index is 626. The van der Waals surface area contributed by atoms with E-state index in [2.05, 4.69) is 10.3 Å². The van der Waals surface area contributed by atoms with Gasteiger partial charge in [0.25, 0.3) is 0 Å². The van der Waals surface area contributed by atoms with Gasteiger partial charge in [0.05, 0.1) is 17.9 Å². The highest BCUT2D eigenvalue weighted by Crippen LogP contribution is 2.22. The highest BCUT2D eigenvalue weighted by atomic mass is 19.1. The highest BCUT2D eigenvalue weighted by molar-refractivity contribution is 5.93. The lowest BCUT2D eigenvalue weighted by Crippen LogP contribution is -2.13. The van der Waals surface area contributed by atoms with Gasteiger partial charge in [0.15, 0.2) is 0 Å². The Morgan fingerprint density at radius 2 is 2.10 bits per heavy atom. The van der Waals surface area contributed by atoms with E-state index in [0.29, 0.717) is 5.56 Å². The van der Waals surface area contributed by atoms with Crippen molar-refractivity contribution in [3.05, 3.63) is 59.2 Å². The number of nitrogens with one attached hydrogen (secondary N) is 1. The Labute approximate surface area is 116 Å². The second kappa shape index (κ2) is 5.69. The number of pyridine rings is 1. The van der Waals surface area contributed by atoms with E-state index in [1.165, 1.54) is 12.3 Å². The molecule has 4 nitrogen and oxygen atoms in total. The van der Waals surface area contributed by atoms with Crippen LogP contribution in [0.25, 0.3) is 0 Å². The number of hydrogen-bond acceptors (Lipinski definition) is 3. The molecule has 1 aromatic carbocycles. The Hall–Kier alpha value is -2.43. The van der Waals surface area contributed by atoms with E-state index in [4.69, 9.17) is 5.73 Å². The summed E-state index contributed by atoms with van der Waals surface area (Å²) in [5.41, 5.74) is 8.24. The Morgan fingerprint density at radius 3 is 2.65 bits per heavy atom. The van der Waals surface area contributed by atoms with Crippen LogP contribution in [0.5, 0.6) is 0 Å². The predicted molar refractivity (Wildman–Crippen MR) is 75.9 cm³/mol. The first-order valence-corrected chi connectivity index (χ1v) is 6.26. The predicted octanol–water partition coefficient (Wildman–Crippen LogP) is 2.80. The van der Waals surface area contributed by atoms with Gasteiger partial charge in [0.1, 0.15) is 5.82 Å². The van der Waals surface area contributed by atoms with Crippen LogP contribution >= 0.6 is 0 Å². The van der Waals surface area contributed by atoms with Crippen molar-refractivity contribution in [2.45, 2.75) is 19.9 Å². The number of nitrogens with zero attached hydrogens (tertiary/aromatic N) is 1. The molecule has 0 aliphatic heterocycles. The minimum absolute atomic E-state index is 0.0753. The summed E-state index contributed by atoms with van der Waals surface area (Å²) in [6.45, 7) is 3.82. The molecule has 0 bridgehead atoms. The second-order valence-corrected chi connectivity index (χ2v) is 4.66. The summed E-state index contributed by atoms with van der Waals surface area (Å²) in [6, 6.07) is 8.14. The van der Waals surface area contributed by atoms with Gasteiger partial charge in [-0.1, -0.05) is 0 Å². The molecule has 3 N–H and O–H groups in total. The van der Waals surface area contributed by atoms with Crippen molar-refractivity contribution in [3.8, 4) is 0 Å². The first-order valence-electron chi connectivity index (χ1n) is 6.26. The summed E-state index contributed by atoms with van der Waals surface area (Å²) in [5, 5.41) is 3.27. The van der Waals surface area contributed by atoms with E-state index < -0.39 is 5.91 Å². The molecule has 20 heavy (non-hydrogen) atoms. The smallest absolute Gasteiger partial charge is 0.248 e. The molecule has 1 unspecified atom stereocenters. The van der Waals surface area contributed by atoms with Crippen molar-refractivity contribution in [1.29, 1.82) is 0 Å². The van der Waals surface area contributed by atoms with Crippen molar-refractivity contribution in [1.82, 2.24) is 4.98 Å². The zero-order valence-electron chi connectivity index (χ0n) is 11.4. The van der Waals surface area contributed by atoms with Gasteiger partial charge in [0, 0.05) is 11.3 Å². The summed E-state index contributed by atoms with van der Waals surface area (Å²) in [5.74, 6) is -0.809. The number of amides is 1. The van der Waals surface area contributed by atoms with Gasteiger partial charge in [-0.15, -0.1) is 0 Å². The molecular formula is C15H16FN3O. The molecule has 1 atom stereocenters. The minimum atomic E-state index is -0.451. The number of aromatic nitrogens is 1. The lowest BCUT2D eigenvalue weighted by atomic mass is 10.1. The average Bonchev–Trinajstić information content (AvgIpc) is 2.41. The molecule has 2 rings (SSSR count). The van der Waals surface area contributed by atoms with Gasteiger partial charge in [-0.05, 0) is 49.7 Å². The number of rotatable bonds is 4. The fourth-order valence-corrected chi connectivity index (χ4v) is 1.93. The van der Waals surface area contributed by atoms with Crippen LogP contribution in [0.2, 0.25) is 0 Å². The zero-order valence-corrected chi connectivity index (χ0v) is 11.4. The van der Waals surface area contributed by atoms with Crippen molar-refractivity contribution < 1.29 is 9.18 Å². The first-order chi connectivity index (χ1) is 9.47. The van der Waals surface area contributed by atoms with Gasteiger partial charge in [-0.2, -0.15) is 0 Å². The molecule has 0 radical (unpaired) electrons. The van der Waals surface area contributed by atoms with E-state index in [0.717, 1.165) is 16.9 Å². The first kappa shape index (κ1) is 14.0. The number of aryl methyl sites for hydroxylation is 1. The molecule has 0 saturated carbocycles. The Morgan fingerprint density at radius 1 is 1.35 bits per heavy atom. The van der Waals surface area contributed by atoms with Crippen LogP contribution < -0.4 is 11.1 Å². The van der Waals surface area contributed by atoms with Gasteiger partial charge >= 0.3 is 0 Å². The molecule has 0 aliphatic carbocycles. The maximum atomic E-state index is 12.8. The van der Waals surface area contributed by atoms with Crippen LogP contribution in [-0.4, -0.2) is 10.9 Å². The minimum Gasteiger partial charge on any atom is -0.377 e. The van der Waals surface area contributed by atoms with E-state index in [1.54, 1.807) is 24.3 Å². The van der Waals surface area contributed by atoms with Crippen LogP contribution in [0.4, 0.5) is 10.1 Å². The molecule has 104 valence electrons. The van der Waals surface area contributed by atoms with Gasteiger partial charge in [0.2, 0.25) is 5.91 Å². The fraction of sp³-hybridized carbons (Fsp3) is 0.200. The van der Waals surface area contributed by atoms with E-state index in [1.807, 2.05) is 13.8 Å². The SMILES string of the molecule is Cc1cc(C(N)=O)ccc1NC(C)c1ccc(F)cn1. The van der Waals surface area contributed by atoms with Crippen molar-refractivity contribution in [2.24, 2.45) is 5.73 Å². The number of nitrogens with two attached hydrogens (primary N) is 1. The van der Waals surface area contributed by atoms with Crippen molar-refractivity contribution >= 4 is 11.6 Å². The van der Waals surface area contributed by atoms with Crippen LogP contribution in [0, 0.1) is 12.7 Å². The van der Waals surface area contributed by atoms with E-state index in [-0.39, 0.29) is 11.9 Å². The summed E-state index contributed by atoms with van der Waals surface area (Å²) < 4.78 is 12.8. The molecule has 2 aromatic rings. The molecular weight excluding hydrogens is 257 g/mol. The Balaban J connectivity index is 2.17. The summed E-state index contributed by atoms with van der Waals surface area (Å²) in [6.07, 6.45) is 1.19. The number of benzene rings is 1. The van der Waals surface area contributed by atoms with Crippen LogP contribution in [-0.2, 0) is 0 Å². The van der Waals surface area contributed by atoms with Crippen molar-refractivity contribution in [2.75, 3.05) is 5.32 Å². The van der Waals surface area contributed by atoms with Gasteiger partial charge < -0.3 is 11.1 Å². The van der Waals surface area contributed by atoms with Crippen molar-refractivity contribution in [3.63, 3.8) is 0 Å². The van der Waals surface area contributed by atoms with E-state index >= 15 is 0 Å². The fourth-order valence-electron chi connectivity index (χ4n) is 1.93. The van der Waals surface area contributed by atoms with Crippen LogP contribution in [0.1, 0.15) is 34.6 Å². The third kappa shape index (κ3) is 3.12. The largest absolute Gasteiger partial charge is 0.377 e. The molecule has 0 fully saturated rings. The number of carbonyl (C=O) groups excluding carboxylic acids is 1. The number of anilines is 1. The van der Waals surface area contributed by atoms with Crippen LogP contribution in [0.15, 0.2) is 36.5 Å². The summed E-state index contributed by atoms with van der Waals surface area (Å²) in [7, 11) is 0. The number of carbonyl (C=O) groups is 1. The molecule has 1 amide bonds. The standard InChI is InChI=1S/C15H16FN3O/c1-9-7-11(15(17)20)3-5-13(9)19-10(2)14-6-4-12(16)8-18-14/h3-8,10,19H,1-2H3,(H2,17,20). The quantitative estimate of drug-likeness (QED) is 0.900. The Kier molecular flexibility index (Phi) is 3.98. The average molecular weight is 273 g/mol. The zero-order chi connectivity index (χ0) is 14.7. The molecule has 0 spiro atoms. The third-order valence-corrected chi connectivity index (χ3v) is 3.08. The lowest BCUT2D eigenvalue weighted by Gasteiger charge is -2.17. The number of primary amides is 1. The van der Waals surface area contributed by atoms with Crippen LogP contribution in [0.3, 0.4) is 0 Å². The summed E-state index contributed by atoms with van der Waals surface area (Å²) >= 11 is 0. The summed E-state index contributed by atoms with van der Waals surface area (Å²) in [4.78, 5) is 15.1. The molecule has 5 heteroatoms. The molecule has 1 heterocycles. The highest BCUT2D eigenvalue weighted by Gasteiger charge is 2.10. The monoisotopic (exact) mass is 273 g/mol. The van der Waals surface area contributed by atoms with Gasteiger partial charge in [-0.3, -0.25) is 9.78 Å². The normalized spacial score (nSPS) is 11.9. The number of halogens is 1. The maximum absolute atomic E-state index is 12.8. The third-order valence-electron chi connectivity index (χ3n) is 3.08. The molecule has 0 saturated heterocycles.